The van der Waals surface area contributed by atoms with E-state index in [1.54, 1.807) is 0 Å². The van der Waals surface area contributed by atoms with E-state index >= 15 is 0 Å². The predicted molar refractivity (Wildman–Crippen MR) is 137 cm³/mol. The van der Waals surface area contributed by atoms with Gasteiger partial charge in [-0.15, -0.1) is 0 Å². The number of esters is 1. The Bertz CT molecular complexity index is 976. The molecule has 0 spiro atoms. The number of carbonyl (C=O) groups is 2. The Kier molecular flexibility index (Phi) is 5.59. The minimum atomic E-state index is -0.739. The first kappa shape index (κ1) is 25.5. The van der Waals surface area contributed by atoms with Gasteiger partial charge in [0.25, 0.3) is 0 Å². The van der Waals surface area contributed by atoms with Crippen LogP contribution in [0.1, 0.15) is 106 Å². The molecule has 0 radical (unpaired) electrons. The fourth-order valence-electron chi connectivity index (χ4n) is 11.0. The van der Waals surface area contributed by atoms with Crippen LogP contribution in [0.25, 0.3) is 0 Å². The van der Waals surface area contributed by atoms with E-state index in [0.29, 0.717) is 18.3 Å². The highest BCUT2D eigenvalue weighted by Gasteiger charge is 2.71. The fraction of sp³-hybridized carbons (Fsp3) is 0.871. The molecule has 4 heteroatoms. The normalized spacial score (nSPS) is 48.7. The summed E-state index contributed by atoms with van der Waals surface area (Å²) in [5.41, 5.74) is 1.76. The molecule has 8 atom stereocenters. The zero-order chi connectivity index (χ0) is 25.8. The Morgan fingerprint density at radius 3 is 2.23 bits per heavy atom. The van der Waals surface area contributed by atoms with Crippen LogP contribution in [0.3, 0.4) is 0 Å². The largest absolute Gasteiger partial charge is 0.468 e. The van der Waals surface area contributed by atoms with Gasteiger partial charge < -0.3 is 9.84 Å². The van der Waals surface area contributed by atoms with E-state index in [1.165, 1.54) is 19.1 Å². The van der Waals surface area contributed by atoms with Crippen LogP contribution in [0.4, 0.5) is 0 Å². The van der Waals surface area contributed by atoms with Crippen molar-refractivity contribution in [3.63, 3.8) is 0 Å². The maximum absolute atomic E-state index is 13.4. The van der Waals surface area contributed by atoms with Crippen molar-refractivity contribution in [1.29, 1.82) is 0 Å². The number of methoxy groups -OCH3 is 1. The molecular formula is C31H48O4. The quantitative estimate of drug-likeness (QED) is 0.454. The van der Waals surface area contributed by atoms with Crippen molar-refractivity contribution in [3.8, 4) is 0 Å². The first-order valence-corrected chi connectivity index (χ1v) is 14.2. The maximum Gasteiger partial charge on any atom is 0.316 e. The van der Waals surface area contributed by atoms with Crippen molar-refractivity contribution in [1.82, 2.24) is 0 Å². The standard InChI is InChI=1S/C31H48O4/c1-18(2)24-20(32)17-31(26(34)35-8)16-15-29(6)19(25(24)31)9-10-22-28(5)13-12-23(33)27(3,4)21(28)11-14-30(22,29)7/h18-19,21-23,33H,9-17H2,1-8H3/t19?,21?,22?,23?,28?,29-,30?,31?/m1/s1. The van der Waals surface area contributed by atoms with Crippen molar-refractivity contribution in [2.75, 3.05) is 7.11 Å². The van der Waals surface area contributed by atoms with E-state index < -0.39 is 5.41 Å². The summed E-state index contributed by atoms with van der Waals surface area (Å²) >= 11 is 0. The third kappa shape index (κ3) is 2.95. The van der Waals surface area contributed by atoms with Gasteiger partial charge in [-0.05, 0) is 108 Å². The van der Waals surface area contributed by atoms with E-state index in [4.69, 9.17) is 4.74 Å². The fourth-order valence-corrected chi connectivity index (χ4v) is 11.0. The smallest absolute Gasteiger partial charge is 0.316 e. The van der Waals surface area contributed by atoms with Crippen LogP contribution in [0.2, 0.25) is 0 Å². The summed E-state index contributed by atoms with van der Waals surface area (Å²) in [4.78, 5) is 26.7. The van der Waals surface area contributed by atoms with Gasteiger partial charge >= 0.3 is 5.97 Å². The second-order valence-electron chi connectivity index (χ2n) is 14.6. The van der Waals surface area contributed by atoms with Gasteiger partial charge in [0.15, 0.2) is 5.78 Å². The van der Waals surface area contributed by atoms with Gasteiger partial charge in [-0.3, -0.25) is 9.59 Å². The summed E-state index contributed by atoms with van der Waals surface area (Å²) in [7, 11) is 1.49. The minimum Gasteiger partial charge on any atom is -0.468 e. The molecule has 1 N–H and O–H groups in total. The van der Waals surface area contributed by atoms with Gasteiger partial charge in [-0.2, -0.15) is 0 Å². The van der Waals surface area contributed by atoms with Gasteiger partial charge in [-0.25, -0.2) is 0 Å². The number of carbonyl (C=O) groups excluding carboxylic acids is 2. The van der Waals surface area contributed by atoms with E-state index in [2.05, 4.69) is 48.5 Å². The summed E-state index contributed by atoms with van der Waals surface area (Å²) < 4.78 is 5.39. The molecule has 0 bridgehead atoms. The van der Waals surface area contributed by atoms with E-state index in [1.807, 2.05) is 0 Å². The van der Waals surface area contributed by atoms with Crippen LogP contribution in [0.15, 0.2) is 11.1 Å². The third-order valence-electron chi connectivity index (χ3n) is 13.0. The lowest BCUT2D eigenvalue weighted by Gasteiger charge is -2.72. The van der Waals surface area contributed by atoms with Gasteiger partial charge in [0.1, 0.15) is 0 Å². The first-order chi connectivity index (χ1) is 16.2. The number of hydrogen-bond donors (Lipinski definition) is 1. The van der Waals surface area contributed by atoms with Crippen LogP contribution < -0.4 is 0 Å². The molecular weight excluding hydrogens is 436 g/mol. The number of Topliss-reactive ketones (excluding diaryl/α,β-unsaturated/α-hetero) is 1. The van der Waals surface area contributed by atoms with Gasteiger partial charge in [0, 0.05) is 6.42 Å². The number of rotatable bonds is 2. The highest BCUT2D eigenvalue weighted by Crippen LogP contribution is 2.76. The molecule has 4 fully saturated rings. The Labute approximate surface area is 212 Å². The number of ether oxygens (including phenoxy) is 1. The maximum atomic E-state index is 13.4. The second-order valence-corrected chi connectivity index (χ2v) is 14.6. The highest BCUT2D eigenvalue weighted by molar-refractivity contribution is 6.05. The molecule has 0 saturated heterocycles. The topological polar surface area (TPSA) is 63.6 Å². The van der Waals surface area contributed by atoms with Crippen molar-refractivity contribution >= 4 is 11.8 Å². The molecule has 0 aromatic rings. The molecule has 0 aromatic carbocycles. The molecule has 4 saturated carbocycles. The molecule has 7 unspecified atom stereocenters. The lowest BCUT2D eigenvalue weighted by Crippen LogP contribution is -2.65. The molecule has 0 aliphatic heterocycles. The Morgan fingerprint density at radius 2 is 1.60 bits per heavy atom. The monoisotopic (exact) mass is 484 g/mol. The zero-order valence-electron chi connectivity index (χ0n) is 23.4. The van der Waals surface area contributed by atoms with Crippen LogP contribution in [-0.2, 0) is 14.3 Å². The van der Waals surface area contributed by atoms with Crippen molar-refractivity contribution < 1.29 is 19.4 Å². The lowest BCUT2D eigenvalue weighted by molar-refractivity contribution is -0.229. The number of aliphatic hydroxyl groups excluding tert-OH is 1. The summed E-state index contributed by atoms with van der Waals surface area (Å²) in [6.07, 6.45) is 8.35. The summed E-state index contributed by atoms with van der Waals surface area (Å²) in [5.74, 6) is 1.52. The minimum absolute atomic E-state index is 0.0517. The number of fused-ring (bicyclic) bond motifs is 7. The number of hydrogen-bond acceptors (Lipinski definition) is 4. The molecule has 196 valence electrons. The molecule has 0 amide bonds. The zero-order valence-corrected chi connectivity index (χ0v) is 23.4. The van der Waals surface area contributed by atoms with Crippen LogP contribution in [0, 0.1) is 50.7 Å². The Hall–Kier alpha value is -1.16. The molecule has 5 aliphatic rings. The van der Waals surface area contributed by atoms with E-state index in [9.17, 15) is 14.7 Å². The van der Waals surface area contributed by atoms with Crippen molar-refractivity contribution in [3.05, 3.63) is 11.1 Å². The summed E-state index contributed by atoms with van der Waals surface area (Å²) in [5, 5.41) is 10.9. The third-order valence-corrected chi connectivity index (χ3v) is 13.0. The van der Waals surface area contributed by atoms with Crippen molar-refractivity contribution in [2.24, 2.45) is 50.7 Å². The van der Waals surface area contributed by atoms with E-state index in [0.717, 1.165) is 50.5 Å². The number of allylic oxidation sites excluding steroid dienone is 1. The van der Waals surface area contributed by atoms with Gasteiger partial charge in [0.05, 0.1) is 18.6 Å². The van der Waals surface area contributed by atoms with Crippen LogP contribution in [0.5, 0.6) is 0 Å². The lowest BCUT2D eigenvalue weighted by atomic mass is 9.33. The average Bonchev–Trinajstić information content (AvgIpc) is 3.10. The molecule has 4 nitrogen and oxygen atoms in total. The molecule has 5 aliphatic carbocycles. The molecule has 5 rings (SSSR count). The average molecular weight is 485 g/mol. The Morgan fingerprint density at radius 1 is 0.914 bits per heavy atom. The first-order valence-electron chi connectivity index (χ1n) is 14.2. The SMILES string of the molecule is COC(=O)C12CC[C@]3(C)C(CCC4C5(C)CCC(O)C(C)(C)C5CCC43C)C1=C(C(C)C)C(=O)C2. The molecule has 35 heavy (non-hydrogen) atoms. The summed E-state index contributed by atoms with van der Waals surface area (Å²) in [6, 6.07) is 0. The number of aliphatic hydroxyl groups is 1. The van der Waals surface area contributed by atoms with Crippen molar-refractivity contribution in [2.45, 2.75) is 112 Å². The number of ketones is 1. The summed E-state index contributed by atoms with van der Waals surface area (Å²) in [6.45, 7) is 16.4. The van der Waals surface area contributed by atoms with Crippen LogP contribution >= 0.6 is 0 Å². The highest BCUT2D eigenvalue weighted by atomic mass is 16.5. The van der Waals surface area contributed by atoms with Gasteiger partial charge in [0.2, 0.25) is 0 Å². The second kappa shape index (κ2) is 7.68. The molecule has 0 aromatic heterocycles. The predicted octanol–water partition coefficient (Wildman–Crippen LogP) is 6.50. The van der Waals surface area contributed by atoms with Crippen LogP contribution in [-0.4, -0.2) is 30.1 Å². The van der Waals surface area contributed by atoms with Gasteiger partial charge in [-0.1, -0.05) is 48.5 Å². The molecule has 0 heterocycles. The Balaban J connectivity index is 1.62. The van der Waals surface area contributed by atoms with E-state index in [-0.39, 0.29) is 51.4 Å².